The van der Waals surface area contributed by atoms with Crippen molar-refractivity contribution in [2.24, 2.45) is 11.8 Å². The maximum Gasteiger partial charge on any atom is 0.490 e. The molecule has 0 bridgehead atoms. The zero-order valence-corrected chi connectivity index (χ0v) is 19.5. The van der Waals surface area contributed by atoms with Gasteiger partial charge in [-0.05, 0) is 30.9 Å². The summed E-state index contributed by atoms with van der Waals surface area (Å²) in [6.45, 7) is 6.80. The Balaban J connectivity index is 0.000000384. The van der Waals surface area contributed by atoms with Gasteiger partial charge in [0, 0.05) is 56.6 Å². The second-order valence-corrected chi connectivity index (χ2v) is 8.80. The zero-order valence-electron chi connectivity index (χ0n) is 19.5. The van der Waals surface area contributed by atoms with Gasteiger partial charge in [0.1, 0.15) is 5.82 Å². The fourth-order valence-electron chi connectivity index (χ4n) is 4.55. The Labute approximate surface area is 204 Å². The number of hydrogen-bond acceptors (Lipinski definition) is 6. The van der Waals surface area contributed by atoms with Gasteiger partial charge in [0.2, 0.25) is 5.82 Å². The summed E-state index contributed by atoms with van der Waals surface area (Å²) in [4.78, 5) is 24.1. The molecule has 1 fully saturated rings. The van der Waals surface area contributed by atoms with Gasteiger partial charge >= 0.3 is 12.1 Å². The van der Waals surface area contributed by atoms with Crippen molar-refractivity contribution >= 4 is 17.6 Å². The van der Waals surface area contributed by atoms with Crippen LogP contribution in [0.15, 0.2) is 42.7 Å². The lowest BCUT2D eigenvalue weighted by Gasteiger charge is -2.25. The predicted molar refractivity (Wildman–Crippen MR) is 122 cm³/mol. The van der Waals surface area contributed by atoms with Crippen LogP contribution in [0, 0.1) is 11.8 Å². The number of likely N-dealkylation sites (tertiary alicyclic amines) is 1. The Hall–Kier alpha value is -3.74. The molecule has 10 nitrogen and oxygen atoms in total. The van der Waals surface area contributed by atoms with Crippen molar-refractivity contribution in [3.63, 3.8) is 0 Å². The number of benzene rings is 1. The summed E-state index contributed by atoms with van der Waals surface area (Å²) in [5, 5.41) is 22.9. The molecule has 2 N–H and O–H groups in total. The molecule has 2 aliphatic rings. The third-order valence-electron chi connectivity index (χ3n) is 6.24. The van der Waals surface area contributed by atoms with E-state index in [0.29, 0.717) is 17.7 Å². The Morgan fingerprint density at radius 1 is 1.11 bits per heavy atom. The summed E-state index contributed by atoms with van der Waals surface area (Å²) >= 11 is 0. The minimum absolute atomic E-state index is 0.199. The van der Waals surface area contributed by atoms with E-state index in [-0.39, 0.29) is 5.91 Å². The number of carbonyl (C=O) groups excluding carboxylic acids is 1. The first-order chi connectivity index (χ1) is 17.1. The molecule has 0 spiro atoms. The first-order valence-electron chi connectivity index (χ1n) is 11.5. The number of amides is 1. The van der Waals surface area contributed by atoms with E-state index in [9.17, 15) is 18.0 Å². The fraction of sp³-hybridized carbons (Fsp3) is 0.435. The molecule has 0 saturated carbocycles. The molecule has 0 aliphatic carbocycles. The Morgan fingerprint density at radius 3 is 2.44 bits per heavy atom. The number of nitrogens with zero attached hydrogens (tertiary/aromatic N) is 6. The third-order valence-corrected chi connectivity index (χ3v) is 6.24. The number of nitrogens with one attached hydrogen (secondary N) is 1. The third kappa shape index (κ3) is 5.90. The van der Waals surface area contributed by atoms with Crippen LogP contribution < -0.4 is 5.32 Å². The lowest BCUT2D eigenvalue weighted by atomic mass is 9.89. The predicted octanol–water partition coefficient (Wildman–Crippen LogP) is 2.68. The Kier molecular flexibility index (Phi) is 7.38. The van der Waals surface area contributed by atoms with Crippen LogP contribution in [0.3, 0.4) is 0 Å². The summed E-state index contributed by atoms with van der Waals surface area (Å²) in [5.41, 5.74) is 2.02. The molecule has 2 unspecified atom stereocenters. The zero-order chi connectivity index (χ0) is 25.9. The van der Waals surface area contributed by atoms with Crippen molar-refractivity contribution in [2.45, 2.75) is 39.2 Å². The number of fused-ring (bicyclic) bond motifs is 2. The van der Waals surface area contributed by atoms with Crippen LogP contribution in [0.5, 0.6) is 0 Å². The van der Waals surface area contributed by atoms with Crippen LogP contribution in [-0.4, -0.2) is 65.7 Å². The highest BCUT2D eigenvalue weighted by Gasteiger charge is 2.39. The normalized spacial score (nSPS) is 19.1. The molecule has 5 rings (SSSR count). The second-order valence-electron chi connectivity index (χ2n) is 8.80. The molecule has 1 saturated heterocycles. The van der Waals surface area contributed by atoms with Crippen molar-refractivity contribution in [2.75, 3.05) is 18.4 Å². The molecule has 192 valence electrons. The summed E-state index contributed by atoms with van der Waals surface area (Å²) in [7, 11) is 0. The Bertz CT molecular complexity index is 1210. The quantitative estimate of drug-likeness (QED) is 0.547. The van der Waals surface area contributed by atoms with E-state index in [4.69, 9.17) is 9.90 Å². The highest BCUT2D eigenvalue weighted by atomic mass is 19.4. The van der Waals surface area contributed by atoms with E-state index < -0.39 is 12.1 Å². The summed E-state index contributed by atoms with van der Waals surface area (Å²) in [5.74, 6) is -0.543. The molecule has 2 atom stereocenters. The van der Waals surface area contributed by atoms with E-state index in [0.717, 1.165) is 50.7 Å². The SMILES string of the molecule is CCn1cc(CN2CC3Cc4nnc(C(=O)Nc5ccccc5)n4CC3C2)cn1.O=C(O)C(F)(F)F. The minimum atomic E-state index is -5.08. The molecular weight excluding hydrogens is 479 g/mol. The van der Waals surface area contributed by atoms with Crippen LogP contribution in [0.1, 0.15) is 28.9 Å². The van der Waals surface area contributed by atoms with E-state index in [1.165, 1.54) is 5.56 Å². The molecule has 1 amide bonds. The monoisotopic (exact) mass is 505 g/mol. The molecule has 13 heteroatoms. The van der Waals surface area contributed by atoms with Crippen LogP contribution in [-0.2, 0) is 30.8 Å². The number of carboxylic acid groups (broad SMARTS) is 1. The average Bonchev–Trinajstić information content (AvgIpc) is 3.55. The number of carboxylic acids is 1. The number of aryl methyl sites for hydroxylation is 1. The number of aliphatic carboxylic acids is 1. The number of hydrogen-bond donors (Lipinski definition) is 2. The van der Waals surface area contributed by atoms with Crippen LogP contribution in [0.25, 0.3) is 0 Å². The molecule has 1 aromatic carbocycles. The first-order valence-corrected chi connectivity index (χ1v) is 11.5. The number of para-hydroxylation sites is 1. The van der Waals surface area contributed by atoms with Crippen molar-refractivity contribution in [3.05, 3.63) is 59.9 Å². The molecule has 2 aliphatic heterocycles. The van der Waals surface area contributed by atoms with Gasteiger partial charge in [-0.2, -0.15) is 18.3 Å². The summed E-state index contributed by atoms with van der Waals surface area (Å²) in [6.07, 6.45) is -0.115. The van der Waals surface area contributed by atoms with Gasteiger partial charge in [-0.1, -0.05) is 18.2 Å². The number of halogens is 3. The Morgan fingerprint density at radius 2 is 1.81 bits per heavy atom. The maximum atomic E-state index is 12.7. The molecular formula is C23H26F3N7O3. The molecule has 4 heterocycles. The number of rotatable bonds is 5. The largest absolute Gasteiger partial charge is 0.490 e. The summed E-state index contributed by atoms with van der Waals surface area (Å²) < 4.78 is 35.7. The lowest BCUT2D eigenvalue weighted by molar-refractivity contribution is -0.192. The first kappa shape index (κ1) is 25.4. The lowest BCUT2D eigenvalue weighted by Crippen LogP contribution is -2.31. The highest BCUT2D eigenvalue weighted by molar-refractivity contribution is 6.01. The van der Waals surface area contributed by atoms with Crippen LogP contribution >= 0.6 is 0 Å². The van der Waals surface area contributed by atoms with Crippen molar-refractivity contribution in [1.82, 2.24) is 29.4 Å². The number of aromatic nitrogens is 5. The van der Waals surface area contributed by atoms with Gasteiger partial charge in [0.05, 0.1) is 6.20 Å². The van der Waals surface area contributed by atoms with Gasteiger partial charge in [0.15, 0.2) is 0 Å². The number of alkyl halides is 3. The van der Waals surface area contributed by atoms with Gasteiger partial charge in [-0.3, -0.25) is 14.4 Å². The van der Waals surface area contributed by atoms with Crippen molar-refractivity contribution < 1.29 is 27.9 Å². The van der Waals surface area contributed by atoms with Crippen molar-refractivity contribution in [1.29, 1.82) is 0 Å². The molecule has 2 aromatic heterocycles. The van der Waals surface area contributed by atoms with Crippen LogP contribution in [0.2, 0.25) is 0 Å². The highest BCUT2D eigenvalue weighted by Crippen LogP contribution is 2.33. The standard InChI is InChI=1S/C21H25N7O.C2HF3O2/c1-2-27-11-15(9-22-27)10-26-12-16-8-19-24-25-20(28(19)14-17(16)13-26)21(29)23-18-6-4-3-5-7-18;3-2(4,5)1(6)7/h3-7,9,11,16-17H,2,8,10,12-14H2,1H3,(H,23,29);(H,6,7). The van der Waals surface area contributed by atoms with E-state index >= 15 is 0 Å². The van der Waals surface area contributed by atoms with Gasteiger partial charge in [-0.15, -0.1) is 10.2 Å². The molecule has 36 heavy (non-hydrogen) atoms. The van der Waals surface area contributed by atoms with Crippen LogP contribution in [0.4, 0.5) is 18.9 Å². The fourth-order valence-corrected chi connectivity index (χ4v) is 4.55. The van der Waals surface area contributed by atoms with E-state index in [2.05, 4.69) is 38.6 Å². The van der Waals surface area contributed by atoms with Crippen molar-refractivity contribution in [3.8, 4) is 0 Å². The topological polar surface area (TPSA) is 118 Å². The van der Waals surface area contributed by atoms with Gasteiger partial charge in [0.25, 0.3) is 5.91 Å². The van der Waals surface area contributed by atoms with E-state index in [1.54, 1.807) is 0 Å². The second kappa shape index (κ2) is 10.5. The average molecular weight is 506 g/mol. The van der Waals surface area contributed by atoms with E-state index in [1.807, 2.05) is 45.8 Å². The summed E-state index contributed by atoms with van der Waals surface area (Å²) in [6, 6.07) is 9.47. The number of anilines is 1. The number of carbonyl (C=O) groups is 2. The molecule has 0 radical (unpaired) electrons. The van der Waals surface area contributed by atoms with Gasteiger partial charge in [-0.25, -0.2) is 4.79 Å². The molecule has 3 aromatic rings. The smallest absolute Gasteiger partial charge is 0.475 e. The maximum absolute atomic E-state index is 12.7. The van der Waals surface area contributed by atoms with Gasteiger partial charge < -0.3 is 15.0 Å². The minimum Gasteiger partial charge on any atom is -0.475 e.